The summed E-state index contributed by atoms with van der Waals surface area (Å²) in [6.07, 6.45) is 1.14. The van der Waals surface area contributed by atoms with Gasteiger partial charge in [-0.25, -0.2) is 0 Å². The second kappa shape index (κ2) is 5.78. The molecule has 2 atom stereocenters. The Morgan fingerprint density at radius 2 is 1.75 bits per heavy atom. The third-order valence-electron chi connectivity index (χ3n) is 4.22. The average molecular weight is 266 g/mol. The number of benzene rings is 2. The van der Waals surface area contributed by atoms with Crippen molar-refractivity contribution in [2.45, 2.75) is 25.4 Å². The van der Waals surface area contributed by atoms with Gasteiger partial charge in [0.1, 0.15) is 0 Å². The molecule has 104 valence electrons. The zero-order valence-corrected chi connectivity index (χ0v) is 12.2. The second-order valence-electron chi connectivity index (χ2n) is 5.40. The summed E-state index contributed by atoms with van der Waals surface area (Å²) in [6, 6.07) is 18.4. The fraction of sp³-hybridized carbons (Fsp3) is 0.333. The normalized spacial score (nSPS) is 20.9. The van der Waals surface area contributed by atoms with Gasteiger partial charge in [-0.05, 0) is 48.3 Å². The summed E-state index contributed by atoms with van der Waals surface area (Å²) < 4.78 is 0. The summed E-state index contributed by atoms with van der Waals surface area (Å²) in [5, 5.41) is 7.03. The van der Waals surface area contributed by atoms with E-state index in [1.165, 1.54) is 22.3 Å². The van der Waals surface area contributed by atoms with Gasteiger partial charge in [-0.3, -0.25) is 0 Å². The lowest BCUT2D eigenvalue weighted by molar-refractivity contribution is 0.478. The molecule has 2 heteroatoms. The van der Waals surface area contributed by atoms with Crippen molar-refractivity contribution in [1.82, 2.24) is 10.6 Å². The van der Waals surface area contributed by atoms with Crippen molar-refractivity contribution in [2.24, 2.45) is 0 Å². The van der Waals surface area contributed by atoms with Crippen LogP contribution in [0.3, 0.4) is 0 Å². The Bertz CT molecular complexity index is 577. The lowest BCUT2D eigenvalue weighted by Crippen LogP contribution is -2.20. The molecule has 0 spiro atoms. The number of hydrogen-bond acceptors (Lipinski definition) is 2. The predicted octanol–water partition coefficient (Wildman–Crippen LogP) is 3.67. The van der Waals surface area contributed by atoms with E-state index in [1.807, 2.05) is 0 Å². The topological polar surface area (TPSA) is 24.1 Å². The van der Waals surface area contributed by atoms with Crippen molar-refractivity contribution in [3.8, 4) is 11.1 Å². The van der Waals surface area contributed by atoms with E-state index in [0.29, 0.717) is 12.1 Å². The third-order valence-corrected chi connectivity index (χ3v) is 4.22. The van der Waals surface area contributed by atoms with E-state index in [-0.39, 0.29) is 0 Å². The highest BCUT2D eigenvalue weighted by atomic mass is 15.0. The molecule has 3 rings (SSSR count). The maximum Gasteiger partial charge on any atom is 0.0341 e. The van der Waals surface area contributed by atoms with Gasteiger partial charge >= 0.3 is 0 Å². The van der Waals surface area contributed by atoms with Crippen LogP contribution < -0.4 is 10.6 Å². The lowest BCUT2D eigenvalue weighted by atomic mass is 9.99. The fourth-order valence-corrected chi connectivity index (χ4v) is 3.21. The van der Waals surface area contributed by atoms with Crippen LogP contribution in [0.1, 0.15) is 36.6 Å². The van der Waals surface area contributed by atoms with E-state index in [0.717, 1.165) is 13.0 Å². The first kappa shape index (κ1) is 13.3. The molecule has 2 N–H and O–H groups in total. The number of rotatable bonds is 4. The largest absolute Gasteiger partial charge is 0.313 e. The number of fused-ring (bicyclic) bond motifs is 1. The first-order valence-corrected chi connectivity index (χ1v) is 7.43. The minimum absolute atomic E-state index is 0.456. The molecule has 0 heterocycles. The van der Waals surface area contributed by atoms with Crippen LogP contribution in [0, 0.1) is 0 Å². The predicted molar refractivity (Wildman–Crippen MR) is 84.7 cm³/mol. The molecule has 2 aromatic carbocycles. The molecule has 0 saturated carbocycles. The highest BCUT2D eigenvalue weighted by Crippen LogP contribution is 2.40. The second-order valence-corrected chi connectivity index (χ2v) is 5.40. The molecule has 0 fully saturated rings. The molecule has 2 unspecified atom stereocenters. The molecule has 0 aliphatic heterocycles. The van der Waals surface area contributed by atoms with Crippen LogP contribution in [0.5, 0.6) is 0 Å². The monoisotopic (exact) mass is 266 g/mol. The minimum atomic E-state index is 0.456. The van der Waals surface area contributed by atoms with Gasteiger partial charge in [0.2, 0.25) is 0 Å². The lowest BCUT2D eigenvalue weighted by Gasteiger charge is -2.12. The fourth-order valence-electron chi connectivity index (χ4n) is 3.21. The molecule has 1 aliphatic rings. The number of hydrogen-bond donors (Lipinski definition) is 2. The van der Waals surface area contributed by atoms with Crippen molar-refractivity contribution in [2.75, 3.05) is 13.6 Å². The van der Waals surface area contributed by atoms with Gasteiger partial charge < -0.3 is 10.6 Å². The van der Waals surface area contributed by atoms with E-state index in [4.69, 9.17) is 0 Å². The van der Waals surface area contributed by atoms with Crippen LogP contribution in [0.2, 0.25) is 0 Å². The Morgan fingerprint density at radius 1 is 0.950 bits per heavy atom. The Labute approximate surface area is 121 Å². The molecule has 20 heavy (non-hydrogen) atoms. The van der Waals surface area contributed by atoms with Crippen molar-refractivity contribution in [1.29, 1.82) is 0 Å². The van der Waals surface area contributed by atoms with Gasteiger partial charge in [-0.2, -0.15) is 0 Å². The summed E-state index contributed by atoms with van der Waals surface area (Å²) in [5.41, 5.74) is 5.49. The molecule has 0 saturated heterocycles. The quantitative estimate of drug-likeness (QED) is 0.882. The molecule has 0 amide bonds. The van der Waals surface area contributed by atoms with Gasteiger partial charge in [0.15, 0.2) is 0 Å². The molecule has 2 nitrogen and oxygen atoms in total. The van der Waals surface area contributed by atoms with Crippen LogP contribution in [0.15, 0.2) is 48.5 Å². The Morgan fingerprint density at radius 3 is 2.45 bits per heavy atom. The van der Waals surface area contributed by atoms with E-state index in [1.54, 1.807) is 0 Å². The van der Waals surface area contributed by atoms with Crippen LogP contribution in [0.25, 0.3) is 11.1 Å². The maximum atomic E-state index is 3.58. The smallest absolute Gasteiger partial charge is 0.0341 e. The van der Waals surface area contributed by atoms with Crippen LogP contribution >= 0.6 is 0 Å². The standard InChI is InChI=1S/C18H22N2/c1-3-20-18-12-17(19-2)16-11-14(9-10-15(16)18)13-7-5-4-6-8-13/h4-11,17-20H,3,12H2,1-2H3. The molecular formula is C18H22N2. The highest BCUT2D eigenvalue weighted by Gasteiger charge is 2.29. The number of nitrogens with one attached hydrogen (secondary N) is 2. The first-order chi connectivity index (χ1) is 9.83. The van der Waals surface area contributed by atoms with E-state index < -0.39 is 0 Å². The summed E-state index contributed by atoms with van der Waals surface area (Å²) in [4.78, 5) is 0. The third kappa shape index (κ3) is 2.37. The van der Waals surface area contributed by atoms with Crippen LogP contribution in [-0.2, 0) is 0 Å². The summed E-state index contributed by atoms with van der Waals surface area (Å²) in [6.45, 7) is 3.19. The zero-order chi connectivity index (χ0) is 13.9. The van der Waals surface area contributed by atoms with Gasteiger partial charge in [0, 0.05) is 12.1 Å². The van der Waals surface area contributed by atoms with Gasteiger partial charge in [0.25, 0.3) is 0 Å². The van der Waals surface area contributed by atoms with Crippen molar-refractivity contribution in [3.63, 3.8) is 0 Å². The summed E-state index contributed by atoms with van der Waals surface area (Å²) in [5.74, 6) is 0. The van der Waals surface area contributed by atoms with E-state index in [9.17, 15) is 0 Å². The van der Waals surface area contributed by atoms with E-state index in [2.05, 4.69) is 73.1 Å². The highest BCUT2D eigenvalue weighted by molar-refractivity contribution is 5.65. The van der Waals surface area contributed by atoms with E-state index >= 15 is 0 Å². The molecule has 0 bridgehead atoms. The first-order valence-electron chi connectivity index (χ1n) is 7.43. The van der Waals surface area contributed by atoms with Crippen molar-refractivity contribution < 1.29 is 0 Å². The van der Waals surface area contributed by atoms with Crippen LogP contribution in [-0.4, -0.2) is 13.6 Å². The maximum absolute atomic E-state index is 3.58. The molecule has 1 aliphatic carbocycles. The Balaban J connectivity index is 2.00. The van der Waals surface area contributed by atoms with Gasteiger partial charge in [-0.15, -0.1) is 0 Å². The summed E-state index contributed by atoms with van der Waals surface area (Å²) in [7, 11) is 2.05. The SMILES string of the molecule is CCNC1CC(NC)c2cc(-c3ccccc3)ccc21. The minimum Gasteiger partial charge on any atom is -0.313 e. The van der Waals surface area contributed by atoms with Gasteiger partial charge in [0.05, 0.1) is 0 Å². The summed E-state index contributed by atoms with van der Waals surface area (Å²) >= 11 is 0. The zero-order valence-electron chi connectivity index (χ0n) is 12.2. The molecule has 2 aromatic rings. The van der Waals surface area contributed by atoms with Crippen molar-refractivity contribution >= 4 is 0 Å². The molecule has 0 aromatic heterocycles. The van der Waals surface area contributed by atoms with Crippen LogP contribution in [0.4, 0.5) is 0 Å². The average Bonchev–Trinajstić information content (AvgIpc) is 2.86. The Kier molecular flexibility index (Phi) is 3.86. The Hall–Kier alpha value is -1.64. The van der Waals surface area contributed by atoms with Crippen molar-refractivity contribution in [3.05, 3.63) is 59.7 Å². The molecule has 0 radical (unpaired) electrons. The van der Waals surface area contributed by atoms with Gasteiger partial charge in [-0.1, -0.05) is 49.4 Å². The molecular weight excluding hydrogens is 244 g/mol.